The summed E-state index contributed by atoms with van der Waals surface area (Å²) >= 11 is 1.88. The van der Waals surface area contributed by atoms with E-state index in [1.165, 1.54) is 41.7 Å². The lowest BCUT2D eigenvalue weighted by Gasteiger charge is -2.18. The highest BCUT2D eigenvalue weighted by atomic mass is 32.1. The molecule has 1 N–H and O–H groups in total. The summed E-state index contributed by atoms with van der Waals surface area (Å²) in [7, 11) is 0. The lowest BCUT2D eigenvalue weighted by atomic mass is 9.93. The Morgan fingerprint density at radius 3 is 2.65 bits per heavy atom. The highest BCUT2D eigenvalue weighted by Crippen LogP contribution is 2.25. The average molecular weight is 285 g/mol. The second-order valence-electron chi connectivity index (χ2n) is 5.91. The summed E-state index contributed by atoms with van der Waals surface area (Å²) in [6, 6.07) is 14.3. The molecule has 1 heterocycles. The van der Waals surface area contributed by atoms with Crippen LogP contribution in [0.15, 0.2) is 41.8 Å². The summed E-state index contributed by atoms with van der Waals surface area (Å²) in [6.45, 7) is 3.28. The Labute approximate surface area is 126 Å². The maximum atomic E-state index is 3.70. The van der Waals surface area contributed by atoms with Crippen LogP contribution in [-0.2, 0) is 6.42 Å². The fourth-order valence-electron chi connectivity index (χ4n) is 2.59. The molecule has 0 amide bonds. The zero-order valence-corrected chi connectivity index (χ0v) is 13.0. The molecular weight excluding hydrogens is 262 g/mol. The Kier molecular flexibility index (Phi) is 4.54. The van der Waals surface area contributed by atoms with Crippen molar-refractivity contribution in [3.8, 4) is 0 Å². The van der Waals surface area contributed by atoms with Gasteiger partial charge in [0.15, 0.2) is 0 Å². The fourth-order valence-corrected chi connectivity index (χ4v) is 3.32. The number of nitrogens with one attached hydrogen (secondary N) is 1. The number of thiophene rings is 1. The first-order valence-electron chi connectivity index (χ1n) is 7.63. The van der Waals surface area contributed by atoms with Gasteiger partial charge in [0.1, 0.15) is 0 Å². The summed E-state index contributed by atoms with van der Waals surface area (Å²) in [6.07, 6.45) is 5.17. The largest absolute Gasteiger partial charge is 0.313 e. The highest BCUT2D eigenvalue weighted by Gasteiger charge is 2.22. The van der Waals surface area contributed by atoms with Crippen molar-refractivity contribution in [2.45, 2.75) is 44.6 Å². The lowest BCUT2D eigenvalue weighted by Crippen LogP contribution is -2.24. The topological polar surface area (TPSA) is 12.0 Å². The molecular formula is C18H23NS. The van der Waals surface area contributed by atoms with E-state index >= 15 is 0 Å². The first kappa shape index (κ1) is 13.8. The molecule has 3 rings (SSSR count). The van der Waals surface area contributed by atoms with Crippen molar-refractivity contribution in [1.82, 2.24) is 5.32 Å². The van der Waals surface area contributed by atoms with E-state index < -0.39 is 0 Å². The maximum Gasteiger partial charge on any atom is 0.00684 e. The van der Waals surface area contributed by atoms with Gasteiger partial charge in [-0.1, -0.05) is 35.9 Å². The van der Waals surface area contributed by atoms with E-state index in [1.807, 2.05) is 11.3 Å². The Bertz CT molecular complexity index is 511. The normalized spacial score (nSPS) is 16.2. The number of benzene rings is 1. The third-order valence-electron chi connectivity index (χ3n) is 4.10. The standard InChI is InChI=1S/C18H23NS/c1-14-4-6-15(7-5-14)16(13-19-17-9-10-17)8-11-18-3-2-12-20-18/h2-7,12,16-17,19H,8-11,13H2,1H3. The first-order chi connectivity index (χ1) is 9.81. The monoisotopic (exact) mass is 285 g/mol. The Morgan fingerprint density at radius 1 is 1.20 bits per heavy atom. The summed E-state index contributed by atoms with van der Waals surface area (Å²) in [5.74, 6) is 0.637. The SMILES string of the molecule is Cc1ccc(C(CCc2cccs2)CNC2CC2)cc1. The summed E-state index contributed by atoms with van der Waals surface area (Å²) in [5.41, 5.74) is 2.83. The van der Waals surface area contributed by atoms with Gasteiger partial charge in [0.25, 0.3) is 0 Å². The van der Waals surface area contributed by atoms with Gasteiger partial charge in [-0.05, 0) is 55.5 Å². The van der Waals surface area contributed by atoms with Gasteiger partial charge in [0.2, 0.25) is 0 Å². The molecule has 1 nitrogen and oxygen atoms in total. The third kappa shape index (κ3) is 3.94. The van der Waals surface area contributed by atoms with E-state index in [4.69, 9.17) is 0 Å². The van der Waals surface area contributed by atoms with Crippen molar-refractivity contribution in [2.24, 2.45) is 0 Å². The lowest BCUT2D eigenvalue weighted by molar-refractivity contribution is 0.549. The van der Waals surface area contributed by atoms with Crippen molar-refractivity contribution in [3.05, 3.63) is 57.8 Å². The molecule has 0 saturated heterocycles. The minimum absolute atomic E-state index is 0.637. The Morgan fingerprint density at radius 2 is 2.00 bits per heavy atom. The van der Waals surface area contributed by atoms with Crippen LogP contribution < -0.4 is 5.32 Å². The Hall–Kier alpha value is -1.12. The van der Waals surface area contributed by atoms with Crippen LogP contribution in [-0.4, -0.2) is 12.6 Å². The van der Waals surface area contributed by atoms with Gasteiger partial charge in [-0.3, -0.25) is 0 Å². The molecule has 1 saturated carbocycles. The molecule has 0 bridgehead atoms. The molecule has 1 aromatic heterocycles. The molecule has 2 aromatic rings. The second-order valence-corrected chi connectivity index (χ2v) is 6.94. The van der Waals surface area contributed by atoms with E-state index in [-0.39, 0.29) is 0 Å². The molecule has 1 unspecified atom stereocenters. The van der Waals surface area contributed by atoms with Crippen LogP contribution in [0, 0.1) is 6.92 Å². The highest BCUT2D eigenvalue weighted by molar-refractivity contribution is 7.09. The second kappa shape index (κ2) is 6.55. The van der Waals surface area contributed by atoms with Gasteiger partial charge >= 0.3 is 0 Å². The number of hydrogen-bond acceptors (Lipinski definition) is 2. The zero-order valence-electron chi connectivity index (χ0n) is 12.1. The molecule has 20 heavy (non-hydrogen) atoms. The van der Waals surface area contributed by atoms with Gasteiger partial charge < -0.3 is 5.32 Å². The van der Waals surface area contributed by atoms with Gasteiger partial charge in [0, 0.05) is 17.5 Å². The number of rotatable bonds is 7. The van der Waals surface area contributed by atoms with E-state index in [2.05, 4.69) is 54.0 Å². The molecule has 0 radical (unpaired) electrons. The van der Waals surface area contributed by atoms with Crippen LogP contribution in [0.4, 0.5) is 0 Å². The molecule has 1 aromatic carbocycles. The van der Waals surface area contributed by atoms with Crippen LogP contribution in [0.25, 0.3) is 0 Å². The van der Waals surface area contributed by atoms with Gasteiger partial charge in [-0.15, -0.1) is 11.3 Å². The average Bonchev–Trinajstić information content (AvgIpc) is 3.14. The minimum Gasteiger partial charge on any atom is -0.313 e. The van der Waals surface area contributed by atoms with Gasteiger partial charge in [0.05, 0.1) is 0 Å². The van der Waals surface area contributed by atoms with E-state index in [9.17, 15) is 0 Å². The number of aryl methyl sites for hydroxylation is 2. The van der Waals surface area contributed by atoms with Crippen LogP contribution in [0.2, 0.25) is 0 Å². The summed E-state index contributed by atoms with van der Waals surface area (Å²) in [5, 5.41) is 5.88. The molecule has 106 valence electrons. The van der Waals surface area contributed by atoms with E-state index in [0.29, 0.717) is 5.92 Å². The van der Waals surface area contributed by atoms with Crippen molar-refractivity contribution < 1.29 is 0 Å². The molecule has 1 aliphatic rings. The van der Waals surface area contributed by atoms with Crippen molar-refractivity contribution in [1.29, 1.82) is 0 Å². The number of hydrogen-bond donors (Lipinski definition) is 1. The smallest absolute Gasteiger partial charge is 0.00684 e. The summed E-state index contributed by atoms with van der Waals surface area (Å²) < 4.78 is 0. The zero-order chi connectivity index (χ0) is 13.8. The van der Waals surface area contributed by atoms with Crippen LogP contribution in [0.5, 0.6) is 0 Å². The minimum atomic E-state index is 0.637. The Balaban J connectivity index is 1.63. The fraction of sp³-hybridized carbons (Fsp3) is 0.444. The van der Waals surface area contributed by atoms with E-state index in [0.717, 1.165) is 12.6 Å². The third-order valence-corrected chi connectivity index (χ3v) is 5.03. The predicted molar refractivity (Wildman–Crippen MR) is 87.6 cm³/mol. The van der Waals surface area contributed by atoms with Crippen molar-refractivity contribution >= 4 is 11.3 Å². The molecule has 1 fully saturated rings. The predicted octanol–water partition coefficient (Wildman–Crippen LogP) is 4.52. The van der Waals surface area contributed by atoms with Crippen LogP contribution in [0.3, 0.4) is 0 Å². The van der Waals surface area contributed by atoms with Crippen LogP contribution >= 0.6 is 11.3 Å². The molecule has 0 aliphatic heterocycles. The molecule has 1 atom stereocenters. The van der Waals surface area contributed by atoms with Gasteiger partial charge in [-0.2, -0.15) is 0 Å². The van der Waals surface area contributed by atoms with E-state index in [1.54, 1.807) is 0 Å². The van der Waals surface area contributed by atoms with Crippen LogP contribution in [0.1, 0.15) is 41.2 Å². The van der Waals surface area contributed by atoms with Gasteiger partial charge in [-0.25, -0.2) is 0 Å². The molecule has 1 aliphatic carbocycles. The van der Waals surface area contributed by atoms with Crippen molar-refractivity contribution in [3.63, 3.8) is 0 Å². The van der Waals surface area contributed by atoms with Crippen molar-refractivity contribution in [2.75, 3.05) is 6.54 Å². The summed E-state index contributed by atoms with van der Waals surface area (Å²) in [4.78, 5) is 1.51. The molecule has 2 heteroatoms. The maximum absolute atomic E-state index is 3.70. The first-order valence-corrected chi connectivity index (χ1v) is 8.51. The molecule has 0 spiro atoms. The quantitative estimate of drug-likeness (QED) is 0.788.